The molecule has 0 aliphatic heterocycles. The first kappa shape index (κ1) is 19.4. The molecule has 1 amide bonds. The van der Waals surface area contributed by atoms with Crippen molar-refractivity contribution >= 4 is 27.3 Å². The minimum atomic E-state index is -3.81. The van der Waals surface area contributed by atoms with Crippen LogP contribution in [0, 0.1) is 6.92 Å². The predicted octanol–water partition coefficient (Wildman–Crippen LogP) is 4.06. The summed E-state index contributed by atoms with van der Waals surface area (Å²) in [4.78, 5) is 12.5. The number of carbonyl (C=O) groups excluding carboxylic acids is 1. The first-order chi connectivity index (χ1) is 13.4. The molecule has 0 saturated carbocycles. The second kappa shape index (κ2) is 8.14. The van der Waals surface area contributed by atoms with Crippen LogP contribution in [-0.2, 0) is 10.0 Å². The number of nitrogens with one attached hydrogen (secondary N) is 2. The van der Waals surface area contributed by atoms with Gasteiger partial charge >= 0.3 is 0 Å². The summed E-state index contributed by atoms with van der Waals surface area (Å²) in [6, 6.07) is 19.7. The van der Waals surface area contributed by atoms with E-state index in [0.717, 1.165) is 5.56 Å². The van der Waals surface area contributed by atoms with Crippen LogP contribution in [0.3, 0.4) is 0 Å². The Morgan fingerprint density at radius 2 is 1.54 bits per heavy atom. The highest BCUT2D eigenvalue weighted by Gasteiger charge is 2.16. The van der Waals surface area contributed by atoms with Crippen molar-refractivity contribution < 1.29 is 17.9 Å². The predicted molar refractivity (Wildman–Crippen MR) is 109 cm³/mol. The van der Waals surface area contributed by atoms with E-state index in [1.807, 2.05) is 19.1 Å². The first-order valence-corrected chi connectivity index (χ1v) is 10.0. The molecule has 0 heterocycles. The highest BCUT2D eigenvalue weighted by atomic mass is 32.2. The maximum absolute atomic E-state index is 12.6. The minimum absolute atomic E-state index is 0.00968. The van der Waals surface area contributed by atoms with E-state index in [1.54, 1.807) is 49.6 Å². The van der Waals surface area contributed by atoms with Gasteiger partial charge in [-0.25, -0.2) is 8.42 Å². The van der Waals surface area contributed by atoms with E-state index in [1.165, 1.54) is 18.2 Å². The Morgan fingerprint density at radius 3 is 2.18 bits per heavy atom. The smallest absolute Gasteiger partial charge is 0.261 e. The Morgan fingerprint density at radius 1 is 0.893 bits per heavy atom. The Hall–Kier alpha value is -3.32. The maximum Gasteiger partial charge on any atom is 0.261 e. The van der Waals surface area contributed by atoms with E-state index < -0.39 is 15.9 Å². The van der Waals surface area contributed by atoms with Crippen molar-refractivity contribution in [3.8, 4) is 5.75 Å². The van der Waals surface area contributed by atoms with Gasteiger partial charge in [-0.05, 0) is 61.5 Å². The molecular weight excluding hydrogens is 376 g/mol. The second-order valence-corrected chi connectivity index (χ2v) is 7.86. The third-order valence-corrected chi connectivity index (χ3v) is 5.44. The summed E-state index contributed by atoms with van der Waals surface area (Å²) in [7, 11) is -2.25. The topological polar surface area (TPSA) is 84.5 Å². The maximum atomic E-state index is 12.6. The molecule has 0 spiro atoms. The monoisotopic (exact) mass is 396 g/mol. The molecule has 0 saturated heterocycles. The molecule has 0 atom stereocenters. The molecule has 0 radical (unpaired) electrons. The third-order valence-electron chi connectivity index (χ3n) is 4.06. The van der Waals surface area contributed by atoms with Crippen LogP contribution in [0.1, 0.15) is 15.9 Å². The number of hydrogen-bond donors (Lipinski definition) is 2. The fourth-order valence-corrected chi connectivity index (χ4v) is 3.62. The number of rotatable bonds is 6. The summed E-state index contributed by atoms with van der Waals surface area (Å²) >= 11 is 0. The molecule has 3 aromatic rings. The summed E-state index contributed by atoms with van der Waals surface area (Å²) in [6.45, 7) is 1.92. The van der Waals surface area contributed by atoms with Crippen LogP contribution in [0.5, 0.6) is 5.75 Å². The fourth-order valence-electron chi connectivity index (χ4n) is 2.52. The summed E-state index contributed by atoms with van der Waals surface area (Å²) in [5.74, 6) is 0.269. The van der Waals surface area contributed by atoms with Gasteiger partial charge in [0.05, 0.1) is 12.0 Å². The zero-order valence-corrected chi connectivity index (χ0v) is 16.3. The minimum Gasteiger partial charge on any atom is -0.497 e. The number of sulfonamides is 1. The van der Waals surface area contributed by atoms with Crippen LogP contribution < -0.4 is 14.8 Å². The van der Waals surface area contributed by atoms with Crippen LogP contribution in [0.2, 0.25) is 0 Å². The lowest BCUT2D eigenvalue weighted by atomic mass is 10.2. The summed E-state index contributed by atoms with van der Waals surface area (Å²) in [5, 5.41) is 2.73. The Kier molecular flexibility index (Phi) is 5.65. The third kappa shape index (κ3) is 4.69. The van der Waals surface area contributed by atoms with E-state index in [0.29, 0.717) is 17.1 Å². The molecule has 3 rings (SSSR count). The van der Waals surface area contributed by atoms with E-state index in [4.69, 9.17) is 4.74 Å². The highest BCUT2D eigenvalue weighted by molar-refractivity contribution is 7.92. The van der Waals surface area contributed by atoms with Gasteiger partial charge in [0.15, 0.2) is 0 Å². The highest BCUT2D eigenvalue weighted by Crippen LogP contribution is 2.19. The number of aryl methyl sites for hydroxylation is 1. The van der Waals surface area contributed by atoms with Crippen LogP contribution in [0.4, 0.5) is 11.4 Å². The fraction of sp³-hybridized carbons (Fsp3) is 0.0952. The van der Waals surface area contributed by atoms with Gasteiger partial charge in [-0.2, -0.15) is 0 Å². The van der Waals surface area contributed by atoms with Crippen LogP contribution in [0.25, 0.3) is 0 Å². The van der Waals surface area contributed by atoms with Gasteiger partial charge in [0.25, 0.3) is 15.9 Å². The largest absolute Gasteiger partial charge is 0.497 e. The Labute approximate surface area is 164 Å². The number of benzene rings is 3. The van der Waals surface area contributed by atoms with Crippen LogP contribution in [0.15, 0.2) is 77.7 Å². The van der Waals surface area contributed by atoms with E-state index in [2.05, 4.69) is 10.0 Å². The zero-order valence-electron chi connectivity index (χ0n) is 15.5. The molecule has 0 aliphatic rings. The molecular formula is C21H20N2O4S. The molecule has 0 unspecified atom stereocenters. The molecule has 0 aromatic heterocycles. The molecule has 2 N–H and O–H groups in total. The van der Waals surface area contributed by atoms with Crippen LogP contribution in [-0.4, -0.2) is 21.4 Å². The molecule has 28 heavy (non-hydrogen) atoms. The number of hydrogen-bond acceptors (Lipinski definition) is 4. The lowest BCUT2D eigenvalue weighted by Crippen LogP contribution is -2.16. The van der Waals surface area contributed by atoms with Gasteiger partial charge < -0.3 is 10.1 Å². The summed E-state index contributed by atoms with van der Waals surface area (Å²) < 4.78 is 32.9. The van der Waals surface area contributed by atoms with E-state index in [9.17, 15) is 13.2 Å². The average molecular weight is 396 g/mol. The van der Waals surface area contributed by atoms with E-state index >= 15 is 0 Å². The number of carbonyl (C=O) groups is 1. The van der Waals surface area contributed by atoms with Crippen molar-refractivity contribution in [2.45, 2.75) is 11.8 Å². The number of amides is 1. The Balaban J connectivity index is 1.78. The lowest BCUT2D eigenvalue weighted by Gasteiger charge is -2.10. The van der Waals surface area contributed by atoms with Crippen LogP contribution >= 0.6 is 0 Å². The molecule has 0 fully saturated rings. The van der Waals surface area contributed by atoms with Gasteiger partial charge in [0.1, 0.15) is 5.75 Å². The molecule has 6 nitrogen and oxygen atoms in total. The second-order valence-electron chi connectivity index (χ2n) is 6.18. The van der Waals surface area contributed by atoms with Gasteiger partial charge in [0.2, 0.25) is 0 Å². The van der Waals surface area contributed by atoms with Gasteiger partial charge in [-0.3, -0.25) is 9.52 Å². The van der Waals surface area contributed by atoms with Crippen molar-refractivity contribution in [2.75, 3.05) is 17.1 Å². The first-order valence-electron chi connectivity index (χ1n) is 8.52. The molecule has 0 aliphatic carbocycles. The average Bonchev–Trinajstić information content (AvgIpc) is 2.70. The molecule has 7 heteroatoms. The number of anilines is 2. The summed E-state index contributed by atoms with van der Waals surface area (Å²) in [5.41, 5.74) is 2.30. The SMILES string of the molecule is COc1ccc(NC(=O)c2cccc(S(=O)(=O)Nc3ccc(C)cc3)c2)cc1. The summed E-state index contributed by atoms with van der Waals surface area (Å²) in [6.07, 6.45) is 0. The molecule has 0 bridgehead atoms. The molecule has 144 valence electrons. The Bertz CT molecular complexity index is 1080. The van der Waals surface area contributed by atoms with Gasteiger partial charge in [-0.1, -0.05) is 23.8 Å². The molecule has 3 aromatic carbocycles. The van der Waals surface area contributed by atoms with Crippen molar-refractivity contribution in [3.63, 3.8) is 0 Å². The lowest BCUT2D eigenvalue weighted by molar-refractivity contribution is 0.102. The normalized spacial score (nSPS) is 10.9. The van der Waals surface area contributed by atoms with Crippen molar-refractivity contribution in [1.29, 1.82) is 0 Å². The van der Waals surface area contributed by atoms with Gasteiger partial charge in [0, 0.05) is 16.9 Å². The van der Waals surface area contributed by atoms with Gasteiger partial charge in [-0.15, -0.1) is 0 Å². The van der Waals surface area contributed by atoms with Crippen molar-refractivity contribution in [3.05, 3.63) is 83.9 Å². The number of methoxy groups -OCH3 is 1. The number of ether oxygens (including phenoxy) is 1. The van der Waals surface area contributed by atoms with E-state index in [-0.39, 0.29) is 10.5 Å². The van der Waals surface area contributed by atoms with Crippen molar-refractivity contribution in [2.24, 2.45) is 0 Å². The standard InChI is InChI=1S/C21H20N2O4S/c1-15-6-8-18(9-7-15)23-28(25,26)20-5-3-4-16(14-20)21(24)22-17-10-12-19(27-2)13-11-17/h3-14,23H,1-2H3,(H,22,24). The van der Waals surface area contributed by atoms with Crippen molar-refractivity contribution in [1.82, 2.24) is 0 Å². The quantitative estimate of drug-likeness (QED) is 0.658. The zero-order chi connectivity index (χ0) is 20.1.